The van der Waals surface area contributed by atoms with Crippen LogP contribution in [0.15, 0.2) is 54.6 Å². The third kappa shape index (κ3) is 5.20. The molecule has 1 aliphatic carbocycles. The Hall–Kier alpha value is -2.66. The van der Waals surface area contributed by atoms with E-state index in [0.717, 1.165) is 42.6 Å². The summed E-state index contributed by atoms with van der Waals surface area (Å²) in [5.74, 6) is 0.0934. The molecule has 0 aliphatic heterocycles. The van der Waals surface area contributed by atoms with Gasteiger partial charge in [-0.1, -0.05) is 36.8 Å². The van der Waals surface area contributed by atoms with E-state index in [9.17, 15) is 9.59 Å². The average Bonchev–Trinajstić information content (AvgIpc) is 2.71. The summed E-state index contributed by atoms with van der Waals surface area (Å²) >= 11 is 0. The lowest BCUT2D eigenvalue weighted by Gasteiger charge is -2.25. The van der Waals surface area contributed by atoms with Gasteiger partial charge in [-0.3, -0.25) is 9.59 Å². The quantitative estimate of drug-likeness (QED) is 0.803. The van der Waals surface area contributed by atoms with Crippen LogP contribution in [-0.4, -0.2) is 24.4 Å². The predicted octanol–water partition coefficient (Wildman–Crippen LogP) is 3.74. The van der Waals surface area contributed by atoms with Crippen LogP contribution in [0.3, 0.4) is 0 Å². The van der Waals surface area contributed by atoms with E-state index in [1.807, 2.05) is 61.5 Å². The minimum absolute atomic E-state index is 0.00557. The minimum Gasteiger partial charge on any atom is -0.328 e. The summed E-state index contributed by atoms with van der Waals surface area (Å²) in [4.78, 5) is 26.9. The Kier molecular flexibility index (Phi) is 6.82. The molecule has 0 spiro atoms. The Morgan fingerprint density at radius 1 is 1.07 bits per heavy atom. The number of hydrogen-bond donors (Lipinski definition) is 2. The number of amides is 2. The second-order valence-electron chi connectivity index (χ2n) is 7.46. The van der Waals surface area contributed by atoms with Crippen LogP contribution in [0.5, 0.6) is 0 Å². The smallest absolute Gasteiger partial charge is 0.231 e. The Morgan fingerprint density at radius 2 is 1.79 bits per heavy atom. The third-order valence-corrected chi connectivity index (χ3v) is 5.35. The number of benzene rings is 2. The van der Waals surface area contributed by atoms with Gasteiger partial charge in [-0.15, -0.1) is 0 Å². The van der Waals surface area contributed by atoms with Gasteiger partial charge < -0.3 is 16.0 Å². The van der Waals surface area contributed by atoms with Crippen molar-refractivity contribution in [2.75, 3.05) is 16.8 Å². The molecule has 148 valence electrons. The fourth-order valence-corrected chi connectivity index (χ4v) is 3.80. The van der Waals surface area contributed by atoms with Gasteiger partial charge in [0.15, 0.2) is 0 Å². The fourth-order valence-electron chi connectivity index (χ4n) is 3.80. The van der Waals surface area contributed by atoms with E-state index in [1.165, 1.54) is 0 Å². The van der Waals surface area contributed by atoms with Crippen molar-refractivity contribution in [3.63, 3.8) is 0 Å². The second-order valence-corrected chi connectivity index (χ2v) is 7.46. The summed E-state index contributed by atoms with van der Waals surface area (Å²) in [5.41, 5.74) is 8.58. The number of likely N-dealkylation sites (N-methyl/N-ethyl adjacent to an activating group) is 1. The van der Waals surface area contributed by atoms with Crippen molar-refractivity contribution in [3.8, 4) is 0 Å². The number of rotatable bonds is 6. The van der Waals surface area contributed by atoms with Crippen molar-refractivity contribution in [1.29, 1.82) is 0 Å². The number of anilines is 2. The number of carbonyl (C=O) groups is 2. The fraction of sp³-hybridized carbons (Fsp3) is 0.391. The Labute approximate surface area is 166 Å². The maximum atomic E-state index is 12.7. The number of nitrogens with one attached hydrogen (secondary N) is 1. The first-order valence-corrected chi connectivity index (χ1v) is 10.1. The zero-order valence-electron chi connectivity index (χ0n) is 16.4. The molecule has 0 saturated heterocycles. The molecule has 1 fully saturated rings. The van der Waals surface area contributed by atoms with Gasteiger partial charge in [0.25, 0.3) is 0 Å². The van der Waals surface area contributed by atoms with E-state index in [2.05, 4.69) is 5.32 Å². The van der Waals surface area contributed by atoms with Crippen LogP contribution in [0.4, 0.5) is 11.4 Å². The number of hydrogen-bond acceptors (Lipinski definition) is 3. The molecule has 2 unspecified atom stereocenters. The van der Waals surface area contributed by atoms with Crippen LogP contribution < -0.4 is 16.0 Å². The zero-order valence-corrected chi connectivity index (χ0v) is 16.4. The summed E-state index contributed by atoms with van der Waals surface area (Å²) in [6.45, 7) is 2.60. The largest absolute Gasteiger partial charge is 0.328 e. The van der Waals surface area contributed by atoms with Crippen molar-refractivity contribution in [1.82, 2.24) is 0 Å². The van der Waals surface area contributed by atoms with Gasteiger partial charge in [0.1, 0.15) is 0 Å². The highest BCUT2D eigenvalue weighted by atomic mass is 16.2. The minimum atomic E-state index is -0.00557. The van der Waals surface area contributed by atoms with Crippen LogP contribution in [-0.2, 0) is 16.0 Å². The first kappa shape index (κ1) is 20.1. The Morgan fingerprint density at radius 3 is 2.43 bits per heavy atom. The van der Waals surface area contributed by atoms with Crippen molar-refractivity contribution in [2.45, 2.75) is 45.1 Å². The van der Waals surface area contributed by atoms with Crippen LogP contribution in [0.2, 0.25) is 0 Å². The normalized spacial score (nSPS) is 19.1. The summed E-state index contributed by atoms with van der Waals surface area (Å²) in [7, 11) is 0. The highest BCUT2D eigenvalue weighted by molar-refractivity contribution is 5.95. The molecular formula is C23H29N3O2. The molecule has 0 bridgehead atoms. The van der Waals surface area contributed by atoms with E-state index < -0.39 is 0 Å². The van der Waals surface area contributed by atoms with Crippen molar-refractivity contribution < 1.29 is 9.59 Å². The molecule has 3 rings (SSSR count). The van der Waals surface area contributed by atoms with Crippen LogP contribution in [0.25, 0.3) is 0 Å². The molecule has 2 atom stereocenters. The van der Waals surface area contributed by atoms with Crippen molar-refractivity contribution in [2.24, 2.45) is 11.7 Å². The first-order valence-electron chi connectivity index (χ1n) is 10.1. The van der Waals surface area contributed by atoms with Gasteiger partial charge in [-0.2, -0.15) is 0 Å². The molecular weight excluding hydrogens is 350 g/mol. The number of nitrogens with zero attached hydrogens (tertiary/aromatic N) is 1. The Balaban J connectivity index is 1.58. The van der Waals surface area contributed by atoms with E-state index in [1.54, 1.807) is 4.90 Å². The summed E-state index contributed by atoms with van der Waals surface area (Å²) < 4.78 is 0. The molecule has 5 nitrogen and oxygen atoms in total. The highest BCUT2D eigenvalue weighted by Gasteiger charge is 2.25. The SMILES string of the molecule is CCN(C(=O)Cc1ccc(NC(=O)C2CCCC(N)C2)cc1)c1ccccc1. The van der Waals surface area contributed by atoms with Crippen LogP contribution in [0, 0.1) is 5.92 Å². The van der Waals surface area contributed by atoms with Crippen LogP contribution >= 0.6 is 0 Å². The second kappa shape index (κ2) is 9.51. The van der Waals surface area contributed by atoms with Gasteiger partial charge >= 0.3 is 0 Å². The maximum absolute atomic E-state index is 12.7. The lowest BCUT2D eigenvalue weighted by atomic mass is 9.85. The summed E-state index contributed by atoms with van der Waals surface area (Å²) in [5, 5.41) is 2.98. The van der Waals surface area contributed by atoms with E-state index in [0.29, 0.717) is 13.0 Å². The standard InChI is InChI=1S/C23H29N3O2/c1-2-26(21-9-4-3-5-10-21)22(27)15-17-11-13-20(14-12-17)25-23(28)18-7-6-8-19(24)16-18/h3-5,9-14,18-19H,2,6-8,15-16,24H2,1H3,(H,25,28). The summed E-state index contributed by atoms with van der Waals surface area (Å²) in [6.07, 6.45) is 4.00. The summed E-state index contributed by atoms with van der Waals surface area (Å²) in [6, 6.07) is 17.3. The van der Waals surface area contributed by atoms with Gasteiger partial charge in [-0.25, -0.2) is 0 Å². The molecule has 5 heteroatoms. The highest BCUT2D eigenvalue weighted by Crippen LogP contribution is 2.24. The molecule has 0 radical (unpaired) electrons. The third-order valence-electron chi connectivity index (χ3n) is 5.35. The van der Waals surface area contributed by atoms with Gasteiger partial charge in [0.2, 0.25) is 11.8 Å². The van der Waals surface area contributed by atoms with Gasteiger partial charge in [-0.05, 0) is 56.0 Å². The van der Waals surface area contributed by atoms with Crippen molar-refractivity contribution >= 4 is 23.2 Å². The maximum Gasteiger partial charge on any atom is 0.231 e. The zero-order chi connectivity index (χ0) is 19.9. The van der Waals surface area contributed by atoms with E-state index in [-0.39, 0.29) is 23.8 Å². The van der Waals surface area contributed by atoms with Gasteiger partial charge in [0, 0.05) is 29.9 Å². The predicted molar refractivity (Wildman–Crippen MR) is 113 cm³/mol. The number of para-hydroxylation sites is 1. The molecule has 0 heterocycles. The average molecular weight is 380 g/mol. The molecule has 2 amide bonds. The molecule has 28 heavy (non-hydrogen) atoms. The van der Waals surface area contributed by atoms with Gasteiger partial charge in [0.05, 0.1) is 6.42 Å². The lowest BCUT2D eigenvalue weighted by Crippen LogP contribution is -2.34. The first-order chi connectivity index (χ1) is 13.6. The molecule has 1 aliphatic rings. The molecule has 1 saturated carbocycles. The molecule has 0 aromatic heterocycles. The van der Waals surface area contributed by atoms with E-state index >= 15 is 0 Å². The van der Waals surface area contributed by atoms with E-state index in [4.69, 9.17) is 5.73 Å². The molecule has 2 aromatic rings. The monoisotopic (exact) mass is 379 g/mol. The molecule has 3 N–H and O–H groups in total. The van der Waals surface area contributed by atoms with Crippen LogP contribution in [0.1, 0.15) is 38.2 Å². The lowest BCUT2D eigenvalue weighted by molar-refractivity contribution is -0.121. The van der Waals surface area contributed by atoms with Crippen molar-refractivity contribution in [3.05, 3.63) is 60.2 Å². The number of nitrogens with two attached hydrogens (primary N) is 1. The number of carbonyl (C=O) groups excluding carboxylic acids is 2. The topological polar surface area (TPSA) is 75.4 Å². The molecule has 2 aromatic carbocycles. The Bertz CT molecular complexity index is 789.